The molecule has 1 aromatic carbocycles. The van der Waals surface area contributed by atoms with Crippen molar-refractivity contribution in [3.63, 3.8) is 0 Å². The first-order chi connectivity index (χ1) is 8.41. The van der Waals surface area contributed by atoms with Crippen LogP contribution in [-0.4, -0.2) is 9.78 Å². The molecule has 2 rings (SSSR count). The van der Waals surface area contributed by atoms with E-state index in [0.717, 1.165) is 17.8 Å². The molecule has 18 heavy (non-hydrogen) atoms. The predicted molar refractivity (Wildman–Crippen MR) is 72.1 cm³/mol. The molecule has 0 fully saturated rings. The second-order valence-electron chi connectivity index (χ2n) is 4.74. The van der Waals surface area contributed by atoms with Gasteiger partial charge in [0.2, 0.25) is 0 Å². The summed E-state index contributed by atoms with van der Waals surface area (Å²) in [5, 5.41) is 4.99. The SMILES string of the molecule is CCc1cc(C(C)(C)F)nn1-c1cccc(Cl)c1. The van der Waals surface area contributed by atoms with E-state index in [1.54, 1.807) is 16.8 Å². The van der Waals surface area contributed by atoms with Gasteiger partial charge in [-0.1, -0.05) is 24.6 Å². The molecular weight excluding hydrogens is 251 g/mol. The average molecular weight is 267 g/mol. The topological polar surface area (TPSA) is 17.8 Å². The summed E-state index contributed by atoms with van der Waals surface area (Å²) < 4.78 is 15.7. The zero-order chi connectivity index (χ0) is 13.3. The highest BCUT2D eigenvalue weighted by Gasteiger charge is 2.24. The van der Waals surface area contributed by atoms with E-state index in [-0.39, 0.29) is 0 Å². The zero-order valence-electron chi connectivity index (χ0n) is 10.7. The molecule has 0 saturated carbocycles. The molecule has 0 aliphatic rings. The summed E-state index contributed by atoms with van der Waals surface area (Å²) in [6, 6.07) is 9.20. The predicted octanol–water partition coefficient (Wildman–Crippen LogP) is 4.29. The second-order valence-corrected chi connectivity index (χ2v) is 5.18. The molecule has 0 aliphatic heterocycles. The van der Waals surface area contributed by atoms with E-state index in [9.17, 15) is 4.39 Å². The molecule has 0 spiro atoms. The molecule has 0 N–H and O–H groups in total. The summed E-state index contributed by atoms with van der Waals surface area (Å²) in [4.78, 5) is 0. The van der Waals surface area contributed by atoms with Crippen molar-refractivity contribution in [2.24, 2.45) is 0 Å². The van der Waals surface area contributed by atoms with Gasteiger partial charge in [0.15, 0.2) is 0 Å². The number of benzene rings is 1. The number of alkyl halides is 1. The molecule has 0 aliphatic carbocycles. The molecule has 0 unspecified atom stereocenters. The lowest BCUT2D eigenvalue weighted by Gasteiger charge is -2.09. The Hall–Kier alpha value is -1.35. The Morgan fingerprint density at radius 2 is 2.06 bits per heavy atom. The van der Waals surface area contributed by atoms with Gasteiger partial charge in [-0.25, -0.2) is 9.07 Å². The summed E-state index contributed by atoms with van der Waals surface area (Å²) >= 11 is 5.97. The van der Waals surface area contributed by atoms with Crippen molar-refractivity contribution in [3.05, 3.63) is 46.7 Å². The van der Waals surface area contributed by atoms with E-state index >= 15 is 0 Å². The maximum absolute atomic E-state index is 13.9. The maximum Gasteiger partial charge on any atom is 0.149 e. The highest BCUT2D eigenvalue weighted by atomic mass is 35.5. The van der Waals surface area contributed by atoms with Crippen molar-refractivity contribution >= 4 is 11.6 Å². The number of nitrogens with zero attached hydrogens (tertiary/aromatic N) is 2. The van der Waals surface area contributed by atoms with E-state index in [1.165, 1.54) is 13.8 Å². The monoisotopic (exact) mass is 266 g/mol. The highest BCUT2D eigenvalue weighted by Crippen LogP contribution is 2.26. The molecule has 96 valence electrons. The molecule has 0 saturated heterocycles. The number of hydrogen-bond acceptors (Lipinski definition) is 1. The smallest absolute Gasteiger partial charge is 0.149 e. The number of halogens is 2. The minimum Gasteiger partial charge on any atom is -0.238 e. The van der Waals surface area contributed by atoms with Gasteiger partial charge in [-0.3, -0.25) is 0 Å². The Balaban J connectivity index is 2.54. The molecular formula is C14H16ClFN2. The maximum atomic E-state index is 13.9. The molecule has 0 atom stereocenters. The number of aromatic nitrogens is 2. The van der Waals surface area contributed by atoms with E-state index < -0.39 is 5.67 Å². The van der Waals surface area contributed by atoms with E-state index in [4.69, 9.17) is 11.6 Å². The van der Waals surface area contributed by atoms with Crippen LogP contribution in [0.3, 0.4) is 0 Å². The molecule has 0 radical (unpaired) electrons. The van der Waals surface area contributed by atoms with Crippen LogP contribution in [0, 0.1) is 0 Å². The van der Waals surface area contributed by atoms with Gasteiger partial charge in [-0.15, -0.1) is 0 Å². The van der Waals surface area contributed by atoms with Gasteiger partial charge in [0.1, 0.15) is 5.67 Å². The Morgan fingerprint density at radius 1 is 1.33 bits per heavy atom. The number of hydrogen-bond donors (Lipinski definition) is 0. The second kappa shape index (κ2) is 4.73. The van der Waals surface area contributed by atoms with Crippen molar-refractivity contribution in [1.29, 1.82) is 0 Å². The lowest BCUT2D eigenvalue weighted by Crippen LogP contribution is -2.10. The summed E-state index contributed by atoms with van der Waals surface area (Å²) in [6.45, 7) is 5.04. The van der Waals surface area contributed by atoms with Gasteiger partial charge in [-0.2, -0.15) is 5.10 Å². The minimum absolute atomic E-state index is 0.444. The molecule has 4 heteroatoms. The number of aryl methyl sites for hydroxylation is 1. The first-order valence-electron chi connectivity index (χ1n) is 5.96. The van der Waals surface area contributed by atoms with Gasteiger partial charge in [0.05, 0.1) is 11.4 Å². The van der Waals surface area contributed by atoms with Gasteiger partial charge in [0, 0.05) is 10.7 Å². The lowest BCUT2D eigenvalue weighted by atomic mass is 10.1. The molecule has 2 aromatic rings. The summed E-state index contributed by atoms with van der Waals surface area (Å²) in [6.07, 6.45) is 0.787. The van der Waals surface area contributed by atoms with Crippen LogP contribution in [0.1, 0.15) is 32.2 Å². The lowest BCUT2D eigenvalue weighted by molar-refractivity contribution is 0.213. The largest absolute Gasteiger partial charge is 0.238 e. The Bertz CT molecular complexity index is 555. The standard InChI is InChI=1S/C14H16ClFN2/c1-4-11-9-13(14(2,3)16)17-18(11)12-7-5-6-10(15)8-12/h5-9H,4H2,1-3H3. The van der Waals surface area contributed by atoms with Gasteiger partial charge < -0.3 is 0 Å². The Kier molecular flexibility index (Phi) is 3.44. The van der Waals surface area contributed by atoms with Crippen LogP contribution in [0.25, 0.3) is 5.69 Å². The third-order valence-corrected chi connectivity index (χ3v) is 3.04. The molecule has 1 aromatic heterocycles. The quantitative estimate of drug-likeness (QED) is 0.810. The van der Waals surface area contributed by atoms with E-state index in [1.807, 2.05) is 25.1 Å². The van der Waals surface area contributed by atoms with E-state index in [0.29, 0.717) is 10.7 Å². The Labute approximate surface area is 111 Å². The van der Waals surface area contributed by atoms with Crippen molar-refractivity contribution in [1.82, 2.24) is 9.78 Å². The fourth-order valence-corrected chi connectivity index (χ4v) is 1.98. The average Bonchev–Trinajstić information content (AvgIpc) is 2.72. The minimum atomic E-state index is -1.44. The van der Waals surface area contributed by atoms with Crippen LogP contribution in [0.5, 0.6) is 0 Å². The van der Waals surface area contributed by atoms with Gasteiger partial charge >= 0.3 is 0 Å². The van der Waals surface area contributed by atoms with Crippen molar-refractivity contribution in [2.75, 3.05) is 0 Å². The third kappa shape index (κ3) is 2.56. The van der Waals surface area contributed by atoms with Crippen molar-refractivity contribution in [3.8, 4) is 5.69 Å². The van der Waals surface area contributed by atoms with Gasteiger partial charge in [-0.05, 0) is 44.5 Å². The normalized spacial score (nSPS) is 11.8. The molecule has 1 heterocycles. The van der Waals surface area contributed by atoms with Crippen molar-refractivity contribution in [2.45, 2.75) is 32.9 Å². The summed E-state index contributed by atoms with van der Waals surface area (Å²) in [5.74, 6) is 0. The van der Waals surface area contributed by atoms with E-state index in [2.05, 4.69) is 5.10 Å². The fourth-order valence-electron chi connectivity index (χ4n) is 1.79. The number of rotatable bonds is 3. The van der Waals surface area contributed by atoms with Crippen LogP contribution in [0.4, 0.5) is 4.39 Å². The van der Waals surface area contributed by atoms with Crippen LogP contribution < -0.4 is 0 Å². The molecule has 2 nitrogen and oxygen atoms in total. The first-order valence-corrected chi connectivity index (χ1v) is 6.34. The first kappa shape index (κ1) is 13.1. The van der Waals surface area contributed by atoms with Crippen LogP contribution >= 0.6 is 11.6 Å². The highest BCUT2D eigenvalue weighted by molar-refractivity contribution is 6.30. The van der Waals surface area contributed by atoms with Gasteiger partial charge in [0.25, 0.3) is 0 Å². The van der Waals surface area contributed by atoms with Crippen LogP contribution in [0.2, 0.25) is 5.02 Å². The third-order valence-electron chi connectivity index (χ3n) is 2.81. The Morgan fingerprint density at radius 3 is 2.61 bits per heavy atom. The summed E-state index contributed by atoms with van der Waals surface area (Å²) in [5.41, 5.74) is 0.834. The molecule has 0 amide bonds. The van der Waals surface area contributed by atoms with Crippen molar-refractivity contribution < 1.29 is 4.39 Å². The van der Waals surface area contributed by atoms with Crippen LogP contribution in [0.15, 0.2) is 30.3 Å². The molecule has 0 bridgehead atoms. The fraction of sp³-hybridized carbons (Fsp3) is 0.357. The zero-order valence-corrected chi connectivity index (χ0v) is 11.5. The van der Waals surface area contributed by atoms with Crippen LogP contribution in [-0.2, 0) is 12.1 Å². The summed E-state index contributed by atoms with van der Waals surface area (Å²) in [7, 11) is 0.